The maximum atomic E-state index is 12.6. The molecule has 2 aromatic rings. The van der Waals surface area contributed by atoms with Crippen molar-refractivity contribution in [1.29, 1.82) is 0 Å². The predicted molar refractivity (Wildman–Crippen MR) is 78.4 cm³/mol. The molecule has 7 heteroatoms. The van der Waals surface area contributed by atoms with Crippen molar-refractivity contribution in [3.05, 3.63) is 41.7 Å². The van der Waals surface area contributed by atoms with E-state index in [9.17, 15) is 9.90 Å². The van der Waals surface area contributed by atoms with Crippen LogP contribution in [0.2, 0.25) is 0 Å². The van der Waals surface area contributed by atoms with Crippen molar-refractivity contribution >= 4 is 5.91 Å². The lowest BCUT2D eigenvalue weighted by atomic mass is 10.1. The van der Waals surface area contributed by atoms with Gasteiger partial charge >= 0.3 is 0 Å². The quantitative estimate of drug-likeness (QED) is 0.922. The SMILES string of the molecule is CCn1nncc1C(=O)N1CCOC(c2cccc(O)c2)C1. The first-order chi connectivity index (χ1) is 10.7. The van der Waals surface area contributed by atoms with Crippen LogP contribution in [0.4, 0.5) is 0 Å². The normalized spacial score (nSPS) is 18.4. The third kappa shape index (κ3) is 2.80. The van der Waals surface area contributed by atoms with Crippen LogP contribution in [0.15, 0.2) is 30.5 Å². The van der Waals surface area contributed by atoms with Crippen LogP contribution in [-0.2, 0) is 11.3 Å². The second-order valence-electron chi connectivity index (χ2n) is 5.14. The van der Waals surface area contributed by atoms with Gasteiger partial charge in [0.15, 0.2) is 0 Å². The van der Waals surface area contributed by atoms with Gasteiger partial charge in [-0.2, -0.15) is 0 Å². The number of nitrogens with zero attached hydrogens (tertiary/aromatic N) is 4. The van der Waals surface area contributed by atoms with Gasteiger partial charge in [-0.25, -0.2) is 4.68 Å². The average Bonchev–Trinajstić information content (AvgIpc) is 3.03. The van der Waals surface area contributed by atoms with Gasteiger partial charge in [-0.3, -0.25) is 4.79 Å². The Bertz CT molecular complexity index is 670. The van der Waals surface area contributed by atoms with Gasteiger partial charge in [0.1, 0.15) is 17.5 Å². The van der Waals surface area contributed by atoms with Crippen LogP contribution >= 0.6 is 0 Å². The third-order valence-corrected chi connectivity index (χ3v) is 3.73. The summed E-state index contributed by atoms with van der Waals surface area (Å²) in [6.45, 7) is 3.95. The molecule has 1 aromatic heterocycles. The fourth-order valence-corrected chi connectivity index (χ4v) is 2.58. The minimum atomic E-state index is -0.240. The van der Waals surface area contributed by atoms with Crippen LogP contribution in [0, 0.1) is 0 Å². The highest BCUT2D eigenvalue weighted by molar-refractivity contribution is 5.92. The number of carbonyl (C=O) groups is 1. The summed E-state index contributed by atoms with van der Waals surface area (Å²) in [5.74, 6) is 0.0955. The van der Waals surface area contributed by atoms with Gasteiger partial charge in [0.05, 0.1) is 19.3 Å². The monoisotopic (exact) mass is 302 g/mol. The smallest absolute Gasteiger partial charge is 0.273 e. The largest absolute Gasteiger partial charge is 0.508 e. The highest BCUT2D eigenvalue weighted by atomic mass is 16.5. The summed E-state index contributed by atoms with van der Waals surface area (Å²) in [4.78, 5) is 14.3. The fraction of sp³-hybridized carbons (Fsp3) is 0.400. The van der Waals surface area contributed by atoms with E-state index in [4.69, 9.17) is 4.74 Å². The zero-order valence-corrected chi connectivity index (χ0v) is 12.3. The lowest BCUT2D eigenvalue weighted by Gasteiger charge is -2.33. The van der Waals surface area contributed by atoms with Gasteiger partial charge in [-0.15, -0.1) is 5.10 Å². The number of aromatic hydroxyl groups is 1. The Morgan fingerprint density at radius 3 is 3.14 bits per heavy atom. The van der Waals surface area contributed by atoms with Crippen LogP contribution in [0.3, 0.4) is 0 Å². The van der Waals surface area contributed by atoms with Crippen molar-refractivity contribution in [1.82, 2.24) is 19.9 Å². The van der Waals surface area contributed by atoms with Gasteiger partial charge < -0.3 is 14.7 Å². The second kappa shape index (κ2) is 6.15. The Balaban J connectivity index is 1.77. The number of amides is 1. The van der Waals surface area contributed by atoms with Crippen LogP contribution in [-0.4, -0.2) is 50.6 Å². The van der Waals surface area contributed by atoms with Crippen molar-refractivity contribution in [2.24, 2.45) is 0 Å². The molecular weight excluding hydrogens is 284 g/mol. The van der Waals surface area contributed by atoms with Crippen molar-refractivity contribution < 1.29 is 14.6 Å². The number of rotatable bonds is 3. The summed E-state index contributed by atoms with van der Waals surface area (Å²) in [6.07, 6.45) is 1.25. The zero-order valence-electron chi connectivity index (χ0n) is 12.3. The molecule has 1 saturated heterocycles. The molecule has 0 bridgehead atoms. The molecule has 0 aliphatic carbocycles. The molecule has 1 amide bonds. The van der Waals surface area contributed by atoms with Crippen LogP contribution in [0.25, 0.3) is 0 Å². The summed E-state index contributed by atoms with van der Waals surface area (Å²) in [7, 11) is 0. The minimum absolute atomic E-state index is 0.0969. The first-order valence-corrected chi connectivity index (χ1v) is 7.27. The maximum Gasteiger partial charge on any atom is 0.273 e. The molecule has 1 fully saturated rings. The number of phenols is 1. The summed E-state index contributed by atoms with van der Waals surface area (Å²) in [5, 5.41) is 17.3. The number of aromatic nitrogens is 3. The fourth-order valence-electron chi connectivity index (χ4n) is 2.58. The summed E-state index contributed by atoms with van der Waals surface area (Å²) >= 11 is 0. The zero-order chi connectivity index (χ0) is 15.5. The van der Waals surface area contributed by atoms with E-state index < -0.39 is 0 Å². The van der Waals surface area contributed by atoms with E-state index in [0.29, 0.717) is 31.9 Å². The molecule has 2 heterocycles. The number of phenolic OH excluding ortho intramolecular Hbond substituents is 1. The van der Waals surface area contributed by atoms with Gasteiger partial charge in [0.25, 0.3) is 5.91 Å². The van der Waals surface area contributed by atoms with E-state index in [1.54, 1.807) is 27.8 Å². The molecule has 3 rings (SSSR count). The predicted octanol–water partition coefficient (Wildman–Crippen LogP) is 1.22. The number of carbonyl (C=O) groups excluding carboxylic acids is 1. The number of benzene rings is 1. The molecule has 1 aliphatic rings. The standard InChI is InChI=1S/C15H18N4O3/c1-2-19-13(9-16-17-19)15(21)18-6-7-22-14(10-18)11-4-3-5-12(20)8-11/h3-5,8-9,14,20H,2,6-7,10H2,1H3. The van der Waals surface area contributed by atoms with Crippen molar-refractivity contribution in [2.75, 3.05) is 19.7 Å². The van der Waals surface area contributed by atoms with E-state index in [-0.39, 0.29) is 17.8 Å². The number of hydrogen-bond acceptors (Lipinski definition) is 5. The number of aryl methyl sites for hydroxylation is 1. The molecular formula is C15H18N4O3. The number of ether oxygens (including phenoxy) is 1. The lowest BCUT2D eigenvalue weighted by molar-refractivity contribution is -0.0232. The Hall–Kier alpha value is -2.41. The molecule has 116 valence electrons. The molecule has 0 spiro atoms. The molecule has 1 aromatic carbocycles. The molecule has 22 heavy (non-hydrogen) atoms. The van der Waals surface area contributed by atoms with Crippen molar-refractivity contribution in [3.8, 4) is 5.75 Å². The van der Waals surface area contributed by atoms with Crippen LogP contribution in [0.1, 0.15) is 29.1 Å². The topological polar surface area (TPSA) is 80.5 Å². The van der Waals surface area contributed by atoms with E-state index >= 15 is 0 Å². The van der Waals surface area contributed by atoms with E-state index in [1.807, 2.05) is 13.0 Å². The Labute approximate surface area is 128 Å². The Kier molecular flexibility index (Phi) is 4.06. The van der Waals surface area contributed by atoms with Crippen molar-refractivity contribution in [3.63, 3.8) is 0 Å². The van der Waals surface area contributed by atoms with E-state index in [2.05, 4.69) is 10.3 Å². The Morgan fingerprint density at radius 1 is 1.50 bits per heavy atom. The van der Waals surface area contributed by atoms with Crippen LogP contribution in [0.5, 0.6) is 5.75 Å². The molecule has 1 aliphatic heterocycles. The second-order valence-corrected chi connectivity index (χ2v) is 5.14. The summed E-state index contributed by atoms with van der Waals surface area (Å²) in [6, 6.07) is 6.93. The van der Waals surface area contributed by atoms with E-state index in [0.717, 1.165) is 5.56 Å². The molecule has 1 N–H and O–H groups in total. The molecule has 1 unspecified atom stereocenters. The Morgan fingerprint density at radius 2 is 2.36 bits per heavy atom. The summed E-state index contributed by atoms with van der Waals surface area (Å²) in [5.41, 5.74) is 1.35. The third-order valence-electron chi connectivity index (χ3n) is 3.73. The summed E-state index contributed by atoms with van der Waals surface area (Å²) < 4.78 is 7.31. The first kappa shape index (κ1) is 14.5. The molecule has 0 saturated carbocycles. The first-order valence-electron chi connectivity index (χ1n) is 7.27. The van der Waals surface area contributed by atoms with Crippen LogP contribution < -0.4 is 0 Å². The highest BCUT2D eigenvalue weighted by Gasteiger charge is 2.28. The number of morpholine rings is 1. The van der Waals surface area contributed by atoms with Crippen molar-refractivity contribution in [2.45, 2.75) is 19.6 Å². The van der Waals surface area contributed by atoms with Gasteiger partial charge in [-0.1, -0.05) is 17.3 Å². The molecule has 0 radical (unpaired) electrons. The van der Waals surface area contributed by atoms with Gasteiger partial charge in [-0.05, 0) is 24.6 Å². The average molecular weight is 302 g/mol. The number of hydrogen-bond donors (Lipinski definition) is 1. The molecule has 7 nitrogen and oxygen atoms in total. The molecule has 1 atom stereocenters. The van der Waals surface area contributed by atoms with Gasteiger partial charge in [0.2, 0.25) is 0 Å². The minimum Gasteiger partial charge on any atom is -0.508 e. The lowest BCUT2D eigenvalue weighted by Crippen LogP contribution is -2.43. The van der Waals surface area contributed by atoms with E-state index in [1.165, 1.54) is 6.20 Å². The van der Waals surface area contributed by atoms with Gasteiger partial charge in [0, 0.05) is 13.1 Å². The maximum absolute atomic E-state index is 12.6. The highest BCUT2D eigenvalue weighted by Crippen LogP contribution is 2.25.